The second kappa shape index (κ2) is 7.22. The number of nitrogens with zero attached hydrogens (tertiary/aromatic N) is 2. The molecule has 0 unspecified atom stereocenters. The predicted molar refractivity (Wildman–Crippen MR) is 79.8 cm³/mol. The van der Waals surface area contributed by atoms with Crippen molar-refractivity contribution >= 4 is 11.9 Å². The van der Waals surface area contributed by atoms with Crippen molar-refractivity contribution in [3.8, 4) is 0 Å². The molecule has 1 aliphatic rings. The topological polar surface area (TPSA) is 60.9 Å². The molecule has 2 rings (SSSR count). The van der Waals surface area contributed by atoms with Gasteiger partial charge in [0.25, 0.3) is 0 Å². The van der Waals surface area contributed by atoms with Gasteiger partial charge in [-0.2, -0.15) is 0 Å². The molecule has 0 spiro atoms. The third-order valence-corrected chi connectivity index (χ3v) is 3.88. The summed E-state index contributed by atoms with van der Waals surface area (Å²) in [6.45, 7) is 1.37. The van der Waals surface area contributed by atoms with Crippen molar-refractivity contribution in [2.45, 2.75) is 31.8 Å². The Labute approximate surface area is 125 Å². The first-order valence-electron chi connectivity index (χ1n) is 7.32. The molecule has 0 aromatic heterocycles. The number of carboxylic acid groups (broad SMARTS) is 1. The number of rotatable bonds is 5. The number of aliphatic carboxylic acids is 1. The Kier molecular flexibility index (Phi) is 5.33. The standard InChI is InChI=1S/C16H22N2O3/c1-17(12-15(19)20)16(21)14-9-5-6-10-18(14)11-13-7-3-2-4-8-13/h2-4,7-8,14H,5-6,9-12H2,1H3,(H,19,20)/t14-/m0/s1. The molecule has 5 nitrogen and oxygen atoms in total. The Morgan fingerprint density at radius 3 is 2.67 bits per heavy atom. The van der Waals surface area contributed by atoms with Crippen LogP contribution in [0.2, 0.25) is 0 Å². The number of carbonyl (C=O) groups excluding carboxylic acids is 1. The van der Waals surface area contributed by atoms with Crippen LogP contribution in [-0.2, 0) is 16.1 Å². The minimum Gasteiger partial charge on any atom is -0.480 e. The molecule has 1 N–H and O–H groups in total. The van der Waals surface area contributed by atoms with Gasteiger partial charge in [0, 0.05) is 13.6 Å². The Morgan fingerprint density at radius 2 is 2.00 bits per heavy atom. The van der Waals surface area contributed by atoms with Crippen LogP contribution >= 0.6 is 0 Å². The van der Waals surface area contributed by atoms with Crippen molar-refractivity contribution in [3.63, 3.8) is 0 Å². The third-order valence-electron chi connectivity index (χ3n) is 3.88. The molecule has 1 aliphatic heterocycles. The van der Waals surface area contributed by atoms with Crippen molar-refractivity contribution in [1.82, 2.24) is 9.80 Å². The van der Waals surface area contributed by atoms with Gasteiger partial charge in [-0.05, 0) is 24.9 Å². The lowest BCUT2D eigenvalue weighted by Crippen LogP contribution is -2.50. The number of likely N-dealkylation sites (tertiary alicyclic amines) is 1. The summed E-state index contributed by atoms with van der Waals surface area (Å²) >= 11 is 0. The predicted octanol–water partition coefficient (Wildman–Crippen LogP) is 1.58. The molecule has 114 valence electrons. The number of hydrogen-bond acceptors (Lipinski definition) is 3. The molecule has 1 fully saturated rings. The Morgan fingerprint density at radius 1 is 1.29 bits per heavy atom. The lowest BCUT2D eigenvalue weighted by Gasteiger charge is -2.36. The molecular formula is C16H22N2O3. The summed E-state index contributed by atoms with van der Waals surface area (Å²) in [6.07, 6.45) is 2.90. The Balaban J connectivity index is 2.04. The molecule has 1 atom stereocenters. The first kappa shape index (κ1) is 15.5. The van der Waals surface area contributed by atoms with Gasteiger partial charge in [-0.15, -0.1) is 0 Å². The van der Waals surface area contributed by atoms with Gasteiger partial charge in [-0.25, -0.2) is 0 Å². The average molecular weight is 290 g/mol. The van der Waals surface area contributed by atoms with Gasteiger partial charge in [0.1, 0.15) is 6.54 Å². The minimum atomic E-state index is -0.976. The van der Waals surface area contributed by atoms with Crippen LogP contribution in [0.25, 0.3) is 0 Å². The summed E-state index contributed by atoms with van der Waals surface area (Å²) in [7, 11) is 1.56. The van der Waals surface area contributed by atoms with Crippen LogP contribution in [0.1, 0.15) is 24.8 Å². The van der Waals surface area contributed by atoms with Crippen LogP contribution < -0.4 is 0 Å². The zero-order chi connectivity index (χ0) is 15.2. The third kappa shape index (κ3) is 4.29. The largest absolute Gasteiger partial charge is 0.480 e. The summed E-state index contributed by atoms with van der Waals surface area (Å²) in [5.41, 5.74) is 1.18. The Hall–Kier alpha value is -1.88. The lowest BCUT2D eigenvalue weighted by atomic mass is 10.00. The molecule has 1 saturated heterocycles. The minimum absolute atomic E-state index is 0.0898. The normalized spacial score (nSPS) is 19.2. The van der Waals surface area contributed by atoms with Gasteiger partial charge >= 0.3 is 5.97 Å². The highest BCUT2D eigenvalue weighted by Gasteiger charge is 2.31. The molecule has 1 heterocycles. The van der Waals surface area contributed by atoms with Gasteiger partial charge in [0.15, 0.2) is 0 Å². The second-order valence-electron chi connectivity index (χ2n) is 5.56. The first-order valence-corrected chi connectivity index (χ1v) is 7.32. The number of carboxylic acids is 1. The van der Waals surface area contributed by atoms with Crippen LogP contribution in [0.5, 0.6) is 0 Å². The van der Waals surface area contributed by atoms with Gasteiger partial charge in [-0.1, -0.05) is 36.8 Å². The van der Waals surface area contributed by atoms with Gasteiger partial charge in [0.05, 0.1) is 6.04 Å². The molecule has 0 aliphatic carbocycles. The fraction of sp³-hybridized carbons (Fsp3) is 0.500. The van der Waals surface area contributed by atoms with Crippen LogP contribution in [0, 0.1) is 0 Å². The van der Waals surface area contributed by atoms with Crippen molar-refractivity contribution in [2.24, 2.45) is 0 Å². The molecule has 21 heavy (non-hydrogen) atoms. The summed E-state index contributed by atoms with van der Waals surface area (Å²) in [6, 6.07) is 9.86. The van der Waals surface area contributed by atoms with Crippen molar-refractivity contribution in [3.05, 3.63) is 35.9 Å². The van der Waals surface area contributed by atoms with E-state index in [-0.39, 0.29) is 18.5 Å². The van der Waals surface area contributed by atoms with Crippen molar-refractivity contribution in [1.29, 1.82) is 0 Å². The SMILES string of the molecule is CN(CC(=O)O)C(=O)[C@@H]1CCCCN1Cc1ccccc1. The number of likely N-dealkylation sites (N-methyl/N-ethyl adjacent to an activating group) is 1. The van der Waals surface area contributed by atoms with E-state index in [2.05, 4.69) is 17.0 Å². The average Bonchev–Trinajstić information content (AvgIpc) is 2.47. The zero-order valence-electron chi connectivity index (χ0n) is 12.4. The molecule has 1 amide bonds. The molecule has 5 heteroatoms. The van der Waals surface area contributed by atoms with E-state index in [0.717, 1.165) is 32.4 Å². The van der Waals surface area contributed by atoms with Crippen LogP contribution in [0.15, 0.2) is 30.3 Å². The second-order valence-corrected chi connectivity index (χ2v) is 5.56. The maximum Gasteiger partial charge on any atom is 0.323 e. The van der Waals surface area contributed by atoms with Crippen LogP contribution in [0.4, 0.5) is 0 Å². The summed E-state index contributed by atoms with van der Waals surface area (Å²) in [4.78, 5) is 26.7. The summed E-state index contributed by atoms with van der Waals surface area (Å²) < 4.78 is 0. The molecule has 0 bridgehead atoms. The van der Waals surface area contributed by atoms with E-state index < -0.39 is 5.97 Å². The van der Waals surface area contributed by atoms with Gasteiger partial charge in [0.2, 0.25) is 5.91 Å². The molecule has 0 saturated carbocycles. The molecular weight excluding hydrogens is 268 g/mol. The van der Waals surface area contributed by atoms with Crippen LogP contribution in [-0.4, -0.2) is 53.0 Å². The first-order chi connectivity index (χ1) is 10.1. The van der Waals surface area contributed by atoms with E-state index in [0.29, 0.717) is 0 Å². The maximum atomic E-state index is 12.5. The molecule has 1 aromatic rings. The van der Waals surface area contributed by atoms with E-state index in [9.17, 15) is 9.59 Å². The Bertz CT molecular complexity index is 490. The number of hydrogen-bond donors (Lipinski definition) is 1. The van der Waals surface area contributed by atoms with E-state index in [1.165, 1.54) is 10.5 Å². The van der Waals surface area contributed by atoms with Crippen molar-refractivity contribution < 1.29 is 14.7 Å². The van der Waals surface area contributed by atoms with E-state index in [1.807, 2.05) is 18.2 Å². The summed E-state index contributed by atoms with van der Waals surface area (Å²) in [5.74, 6) is -1.07. The number of amides is 1. The highest BCUT2D eigenvalue weighted by Crippen LogP contribution is 2.21. The number of benzene rings is 1. The summed E-state index contributed by atoms with van der Waals surface area (Å²) in [5, 5.41) is 8.82. The molecule has 1 aromatic carbocycles. The number of carbonyl (C=O) groups is 2. The van der Waals surface area contributed by atoms with E-state index >= 15 is 0 Å². The van der Waals surface area contributed by atoms with Crippen LogP contribution in [0.3, 0.4) is 0 Å². The smallest absolute Gasteiger partial charge is 0.323 e. The van der Waals surface area contributed by atoms with Gasteiger partial charge in [-0.3, -0.25) is 14.5 Å². The fourth-order valence-corrected chi connectivity index (χ4v) is 2.81. The fourth-order valence-electron chi connectivity index (χ4n) is 2.81. The monoisotopic (exact) mass is 290 g/mol. The lowest BCUT2D eigenvalue weighted by molar-refractivity contribution is -0.146. The number of piperidine rings is 1. The van der Waals surface area contributed by atoms with E-state index in [1.54, 1.807) is 7.05 Å². The molecule has 0 radical (unpaired) electrons. The quantitative estimate of drug-likeness (QED) is 0.894. The maximum absolute atomic E-state index is 12.5. The zero-order valence-corrected chi connectivity index (χ0v) is 12.4. The highest BCUT2D eigenvalue weighted by atomic mass is 16.4. The van der Waals surface area contributed by atoms with Crippen molar-refractivity contribution in [2.75, 3.05) is 20.1 Å². The van der Waals surface area contributed by atoms with E-state index in [4.69, 9.17) is 5.11 Å². The van der Waals surface area contributed by atoms with Gasteiger partial charge < -0.3 is 10.0 Å². The highest BCUT2D eigenvalue weighted by molar-refractivity contribution is 5.85.